The molecule has 0 bridgehead atoms. The summed E-state index contributed by atoms with van der Waals surface area (Å²) in [6, 6.07) is 0. The Morgan fingerprint density at radius 2 is 1.79 bits per heavy atom. The third-order valence-electron chi connectivity index (χ3n) is 7.51. The topological polar surface area (TPSA) is 349 Å². The summed E-state index contributed by atoms with van der Waals surface area (Å²) >= 11 is 0. The standard InChI is InChI=1S/C33H56N8O17P2S2/c1-33(2,8-15-54-32(45)38-11-17-51-19-18-50-16-9-34)62-61-25-52-12-3-4-13-53-31(44)37-10-5-6-26(30(43)39-23-42)21-36-22-27-20-29(55-24-40-41-35)28(57-27)7-14-56-60(48,49)58-59(46)47/h21,23,27-29H,3-4,7-20,22,24-25,34H2,1-2H3,(H5-,36,37,38,39,42,43,44,45,46,47,48,49)/p+1/t27-,28-,29?/m1/s1. The van der Waals surface area contributed by atoms with Crippen LogP contribution in [0.1, 0.15) is 46.0 Å². The molecule has 352 valence electrons. The average molecular weight is 964 g/mol. The van der Waals surface area contributed by atoms with Gasteiger partial charge in [0, 0.05) is 59.5 Å². The molecule has 1 aliphatic heterocycles. The van der Waals surface area contributed by atoms with Crippen LogP contribution in [0.15, 0.2) is 16.9 Å². The monoisotopic (exact) mass is 963 g/mol. The molecule has 1 aliphatic rings. The number of amides is 4. The van der Waals surface area contributed by atoms with Crippen molar-refractivity contribution in [3.63, 3.8) is 0 Å². The molecule has 1 fully saturated rings. The number of phosphoric ester groups is 1. The number of imide groups is 1. The number of unbranched alkanes of at least 4 members (excludes halogenated alkanes) is 1. The number of rotatable bonds is 35. The van der Waals surface area contributed by atoms with Gasteiger partial charge in [0.05, 0.1) is 71.1 Å². The Bertz CT molecular complexity index is 1560. The number of carbonyl (C=O) groups is 4. The first-order chi connectivity index (χ1) is 29.7. The maximum Gasteiger partial charge on any atom is 0.705 e. The van der Waals surface area contributed by atoms with Crippen molar-refractivity contribution >= 4 is 62.2 Å². The van der Waals surface area contributed by atoms with Gasteiger partial charge < -0.3 is 54.8 Å². The molecule has 5 atom stereocenters. The van der Waals surface area contributed by atoms with E-state index in [0.717, 1.165) is 0 Å². The number of nitrogens with one attached hydrogen (secondary N) is 4. The van der Waals surface area contributed by atoms with Crippen molar-refractivity contribution in [2.75, 3.05) is 91.7 Å². The molecule has 0 aromatic heterocycles. The molecule has 1 heterocycles. The van der Waals surface area contributed by atoms with Crippen molar-refractivity contribution in [1.82, 2.24) is 21.3 Å². The summed E-state index contributed by atoms with van der Waals surface area (Å²) in [6.45, 7) is 6.60. The van der Waals surface area contributed by atoms with E-state index in [9.17, 15) is 33.2 Å². The van der Waals surface area contributed by atoms with Crippen LogP contribution in [0.5, 0.6) is 0 Å². The fourth-order valence-electron chi connectivity index (χ4n) is 4.66. The zero-order valence-corrected chi connectivity index (χ0v) is 37.9. The van der Waals surface area contributed by atoms with Gasteiger partial charge in [-0.2, -0.15) is 0 Å². The molecule has 0 aliphatic carbocycles. The van der Waals surface area contributed by atoms with Crippen LogP contribution in [0.2, 0.25) is 0 Å². The van der Waals surface area contributed by atoms with Crippen molar-refractivity contribution < 1.29 is 80.1 Å². The van der Waals surface area contributed by atoms with Crippen LogP contribution in [-0.4, -0.2) is 149 Å². The maximum atomic E-state index is 12.4. The number of hydrogen-bond acceptors (Lipinski definition) is 20. The van der Waals surface area contributed by atoms with E-state index in [1.807, 2.05) is 19.2 Å². The first-order valence-electron chi connectivity index (χ1n) is 19.0. The predicted molar refractivity (Wildman–Crippen MR) is 225 cm³/mol. The maximum absolute atomic E-state index is 12.4. The number of phosphoric acid groups is 1. The first-order valence-corrected chi connectivity index (χ1v) is 24.0. The second-order valence-corrected chi connectivity index (χ2v) is 18.2. The minimum atomic E-state index is -4.79. The van der Waals surface area contributed by atoms with E-state index in [1.54, 1.807) is 10.8 Å². The fourth-order valence-corrected chi connectivity index (χ4v) is 8.17. The molecule has 25 nitrogen and oxygen atoms in total. The molecular formula is C33H57N8O17P2S2+. The smallest absolute Gasteiger partial charge is 0.450 e. The highest BCUT2D eigenvalue weighted by Gasteiger charge is 2.38. The average Bonchev–Trinajstić information content (AvgIpc) is 3.59. The molecule has 1 saturated heterocycles. The lowest BCUT2D eigenvalue weighted by Crippen LogP contribution is -2.29. The number of hydrogen-bond donors (Lipinski definition) is 7. The Morgan fingerprint density at radius 3 is 2.52 bits per heavy atom. The highest BCUT2D eigenvalue weighted by molar-refractivity contribution is 8.77. The van der Waals surface area contributed by atoms with Gasteiger partial charge in [-0.1, -0.05) is 38.5 Å². The van der Waals surface area contributed by atoms with Crippen molar-refractivity contribution in [2.45, 2.75) is 69.0 Å². The largest absolute Gasteiger partial charge is 0.705 e. The lowest BCUT2D eigenvalue weighted by molar-refractivity contribution is -0.122. The minimum Gasteiger partial charge on any atom is -0.450 e. The minimum absolute atomic E-state index is 0.0142. The lowest BCUT2D eigenvalue weighted by Gasteiger charge is -2.22. The molecular weight excluding hydrogens is 906 g/mol. The number of alkyl carbamates (subject to hydrolysis) is 2. The third-order valence-corrected chi connectivity index (χ3v) is 12.4. The van der Waals surface area contributed by atoms with Gasteiger partial charge in [0.15, 0.2) is 0 Å². The van der Waals surface area contributed by atoms with Crippen LogP contribution in [0, 0.1) is 11.8 Å². The Labute approximate surface area is 368 Å². The second-order valence-electron chi connectivity index (χ2n) is 12.9. The van der Waals surface area contributed by atoms with Crippen LogP contribution in [0.3, 0.4) is 0 Å². The number of nitrogens with zero attached hydrogens (tertiary/aromatic N) is 3. The Balaban J connectivity index is 2.32. The van der Waals surface area contributed by atoms with E-state index in [4.69, 9.17) is 49.3 Å². The first kappa shape index (κ1) is 56.7. The molecule has 4 amide bonds. The molecule has 62 heavy (non-hydrogen) atoms. The molecule has 8 N–H and O–H groups in total. The third kappa shape index (κ3) is 30.7. The van der Waals surface area contributed by atoms with Crippen LogP contribution >= 0.6 is 37.7 Å². The van der Waals surface area contributed by atoms with Gasteiger partial charge in [0.2, 0.25) is 6.41 Å². The fraction of sp³-hybridized carbons (Fsp3) is 0.758. The molecule has 0 aromatic rings. The summed E-state index contributed by atoms with van der Waals surface area (Å²) in [5.74, 6) is 4.78. The van der Waals surface area contributed by atoms with E-state index in [2.05, 4.69) is 46.7 Å². The van der Waals surface area contributed by atoms with Gasteiger partial charge in [-0.15, -0.1) is 4.89 Å². The zero-order valence-electron chi connectivity index (χ0n) is 34.5. The number of nitrogens with two attached hydrogens (primary N) is 1. The number of carbonyl (C=O) groups excluding carboxylic acids is 4. The molecule has 0 spiro atoms. The Morgan fingerprint density at radius 1 is 1.06 bits per heavy atom. The van der Waals surface area contributed by atoms with Gasteiger partial charge in [-0.05, 0) is 43.0 Å². The summed E-state index contributed by atoms with van der Waals surface area (Å²) in [5, 5.41) is 13.2. The molecule has 29 heteroatoms. The molecule has 0 radical (unpaired) electrons. The summed E-state index contributed by atoms with van der Waals surface area (Å²) < 4.78 is 68.8. The van der Waals surface area contributed by atoms with Gasteiger partial charge >= 0.3 is 28.3 Å². The molecule has 0 aromatic carbocycles. The van der Waals surface area contributed by atoms with Crippen molar-refractivity contribution in [2.24, 2.45) is 10.8 Å². The highest BCUT2D eigenvalue weighted by atomic mass is 33.1. The van der Waals surface area contributed by atoms with Gasteiger partial charge in [-0.25, -0.2) is 14.2 Å². The second kappa shape index (κ2) is 35.1. The van der Waals surface area contributed by atoms with Crippen molar-refractivity contribution in [1.29, 1.82) is 0 Å². The Hall–Kier alpha value is -3.28. The van der Waals surface area contributed by atoms with E-state index < -0.39 is 59.1 Å². The summed E-state index contributed by atoms with van der Waals surface area (Å²) in [4.78, 5) is 68.0. The summed E-state index contributed by atoms with van der Waals surface area (Å²) in [5.41, 5.74) is 13.7. The normalized spacial score (nSPS) is 17.3. The van der Waals surface area contributed by atoms with Gasteiger partial charge in [0.1, 0.15) is 18.2 Å². The summed E-state index contributed by atoms with van der Waals surface area (Å²) in [6.07, 6.45) is 0.356. The molecule has 3 unspecified atom stereocenters. The highest BCUT2D eigenvalue weighted by Crippen LogP contribution is 2.50. The van der Waals surface area contributed by atoms with Crippen molar-refractivity contribution in [3.05, 3.63) is 22.2 Å². The quantitative estimate of drug-likeness (QED) is 0.00458. The number of ether oxygens (including phenoxy) is 7. The Kier molecular flexibility index (Phi) is 32.1. The van der Waals surface area contributed by atoms with Crippen LogP contribution < -0.4 is 27.0 Å². The number of azide groups is 1. The van der Waals surface area contributed by atoms with E-state index >= 15 is 0 Å². The van der Waals surface area contributed by atoms with E-state index in [-0.39, 0.29) is 62.6 Å². The van der Waals surface area contributed by atoms with Crippen LogP contribution in [0.25, 0.3) is 10.4 Å². The van der Waals surface area contributed by atoms with E-state index in [0.29, 0.717) is 71.3 Å². The van der Waals surface area contributed by atoms with Gasteiger partial charge in [-0.3, -0.25) is 24.3 Å². The molecule has 0 saturated carbocycles. The van der Waals surface area contributed by atoms with Crippen LogP contribution in [0.4, 0.5) is 9.59 Å². The van der Waals surface area contributed by atoms with E-state index in [1.165, 1.54) is 17.0 Å². The summed E-state index contributed by atoms with van der Waals surface area (Å²) in [7, 11) is -5.02. The van der Waals surface area contributed by atoms with Crippen molar-refractivity contribution in [3.8, 4) is 11.8 Å². The SMILES string of the molecule is CC(C)(CCOC(=O)NCCOCCOCCN)SSCOCCCCOC(=O)NCC#C/C(=C/NC[C@H]1CC(OCN=[N+]=[N-])[C@@H](CCOP(=O)(O)O[P+](=O)O)O1)C(=O)NC=O. The predicted octanol–water partition coefficient (Wildman–Crippen LogP) is 2.47. The van der Waals surface area contributed by atoms with Gasteiger partial charge in [0.25, 0.3) is 5.91 Å². The lowest BCUT2D eigenvalue weighted by atomic mass is 10.1. The molecule has 1 rings (SSSR count). The zero-order chi connectivity index (χ0) is 45.9. The van der Waals surface area contributed by atoms with Crippen LogP contribution in [-0.2, 0) is 60.7 Å².